The number of hydrogen-bond donors (Lipinski definition) is 1. The highest BCUT2D eigenvalue weighted by Crippen LogP contribution is 2.10. The van der Waals surface area contributed by atoms with Crippen LogP contribution in [0.1, 0.15) is 27.2 Å². The van der Waals surface area contributed by atoms with Crippen molar-refractivity contribution in [1.82, 2.24) is 4.98 Å². The normalized spacial score (nSPS) is 10.2. The average molecular weight is 327 g/mol. The van der Waals surface area contributed by atoms with E-state index in [0.717, 1.165) is 24.0 Å². The number of carboxylic acid groups (broad SMARTS) is 1. The van der Waals surface area contributed by atoms with E-state index in [1.807, 2.05) is 18.2 Å². The van der Waals surface area contributed by atoms with Crippen LogP contribution in [0.4, 0.5) is 0 Å². The zero-order valence-electron chi connectivity index (χ0n) is 13.2. The number of esters is 1. The van der Waals surface area contributed by atoms with E-state index in [0.29, 0.717) is 11.3 Å². The second kappa shape index (κ2) is 8.01. The minimum Gasteiger partial charge on any atom is -0.475 e. The second-order valence-electron chi connectivity index (χ2n) is 5.25. The molecule has 1 heterocycles. The Bertz CT molecular complexity index is 735. The van der Waals surface area contributed by atoms with E-state index >= 15 is 0 Å². The van der Waals surface area contributed by atoms with Gasteiger partial charge in [-0.1, -0.05) is 18.2 Å². The Hall–Kier alpha value is -3.02. The van der Waals surface area contributed by atoms with Gasteiger partial charge in [0.15, 0.2) is 0 Å². The number of nitrogens with zero attached hydrogens (tertiary/aromatic N) is 1. The van der Waals surface area contributed by atoms with E-state index in [4.69, 9.17) is 5.11 Å². The number of carbonyl (C=O) groups excluding carboxylic acids is 2. The first-order valence-electron chi connectivity index (χ1n) is 7.37. The maximum Gasteiger partial charge on any atom is 0.372 e. The summed E-state index contributed by atoms with van der Waals surface area (Å²) in [6.07, 6.45) is 2.96. The van der Waals surface area contributed by atoms with Gasteiger partial charge in [-0.05, 0) is 42.2 Å². The summed E-state index contributed by atoms with van der Waals surface area (Å²) in [5.41, 5.74) is 3.01. The van der Waals surface area contributed by atoms with Crippen molar-refractivity contribution in [2.45, 2.75) is 19.3 Å². The number of carboxylic acids is 1. The molecule has 2 aromatic rings. The van der Waals surface area contributed by atoms with E-state index in [1.165, 1.54) is 7.11 Å². The zero-order chi connectivity index (χ0) is 17.5. The minimum atomic E-state index is -1.45. The second-order valence-corrected chi connectivity index (χ2v) is 5.25. The molecule has 0 unspecified atom stereocenters. The van der Waals surface area contributed by atoms with Gasteiger partial charge in [0.25, 0.3) is 0 Å². The third kappa shape index (κ3) is 4.74. The lowest BCUT2D eigenvalue weighted by molar-refractivity contribution is -0.148. The third-order valence-corrected chi connectivity index (χ3v) is 3.54. The van der Waals surface area contributed by atoms with E-state index in [9.17, 15) is 14.4 Å². The van der Waals surface area contributed by atoms with Gasteiger partial charge in [-0.2, -0.15) is 0 Å². The minimum absolute atomic E-state index is 0.204. The molecule has 0 aliphatic heterocycles. The first-order chi connectivity index (χ1) is 11.5. The molecule has 0 atom stereocenters. The molecule has 1 aromatic heterocycles. The quantitative estimate of drug-likeness (QED) is 0.616. The highest BCUT2D eigenvalue weighted by Gasteiger charge is 2.12. The molecule has 0 aliphatic carbocycles. The van der Waals surface area contributed by atoms with E-state index < -0.39 is 11.8 Å². The van der Waals surface area contributed by atoms with Gasteiger partial charge in [0, 0.05) is 11.9 Å². The molecule has 24 heavy (non-hydrogen) atoms. The summed E-state index contributed by atoms with van der Waals surface area (Å²) in [7, 11) is 1.34. The number of rotatable bonds is 7. The Balaban J connectivity index is 1.91. The topological polar surface area (TPSA) is 93.6 Å². The van der Waals surface area contributed by atoms with Crippen molar-refractivity contribution in [3.63, 3.8) is 0 Å². The highest BCUT2D eigenvalue weighted by molar-refractivity contribution is 6.33. The average Bonchev–Trinajstić information content (AvgIpc) is 2.60. The monoisotopic (exact) mass is 327 g/mol. The van der Waals surface area contributed by atoms with Crippen LogP contribution in [0.15, 0.2) is 42.6 Å². The number of benzene rings is 1. The van der Waals surface area contributed by atoms with Crippen molar-refractivity contribution in [3.05, 3.63) is 65.0 Å². The van der Waals surface area contributed by atoms with E-state index in [-0.39, 0.29) is 12.4 Å². The Morgan fingerprint density at radius 3 is 2.17 bits per heavy atom. The third-order valence-electron chi connectivity index (χ3n) is 3.54. The number of Topliss-reactive ketones (excluding diaryl/α,β-unsaturated/α-hetero) is 1. The number of aliphatic carboxylic acids is 1. The summed E-state index contributed by atoms with van der Waals surface area (Å²) >= 11 is 0. The number of carbonyl (C=O) groups is 3. The number of hydrogen-bond acceptors (Lipinski definition) is 5. The van der Waals surface area contributed by atoms with Crippen LogP contribution in [-0.4, -0.2) is 34.9 Å². The molecule has 6 nitrogen and oxygen atoms in total. The number of aromatic nitrogens is 1. The Kier molecular flexibility index (Phi) is 5.78. The summed E-state index contributed by atoms with van der Waals surface area (Å²) < 4.78 is 4.65. The largest absolute Gasteiger partial charge is 0.475 e. The molecule has 0 saturated heterocycles. The summed E-state index contributed by atoms with van der Waals surface area (Å²) in [4.78, 5) is 37.1. The Labute approximate surface area is 139 Å². The van der Waals surface area contributed by atoms with Gasteiger partial charge in [-0.15, -0.1) is 0 Å². The number of aryl methyl sites for hydroxylation is 2. The fourth-order valence-corrected chi connectivity index (χ4v) is 2.16. The Morgan fingerprint density at radius 1 is 1.00 bits per heavy atom. The fraction of sp³-hybridized carbons (Fsp3) is 0.222. The number of methoxy groups -OCH3 is 1. The molecule has 0 aliphatic rings. The van der Waals surface area contributed by atoms with E-state index in [2.05, 4.69) is 9.72 Å². The summed E-state index contributed by atoms with van der Waals surface area (Å²) in [5, 5.41) is 8.57. The van der Waals surface area contributed by atoms with E-state index in [1.54, 1.807) is 24.4 Å². The van der Waals surface area contributed by atoms with Crippen LogP contribution < -0.4 is 0 Å². The fourth-order valence-electron chi connectivity index (χ4n) is 2.16. The van der Waals surface area contributed by atoms with Crippen molar-refractivity contribution >= 4 is 17.7 Å². The molecule has 6 heteroatoms. The van der Waals surface area contributed by atoms with Gasteiger partial charge in [0.05, 0.1) is 19.1 Å². The molecule has 0 radical (unpaired) electrons. The Morgan fingerprint density at radius 2 is 1.62 bits per heavy atom. The molecule has 0 fully saturated rings. The van der Waals surface area contributed by atoms with Gasteiger partial charge >= 0.3 is 11.9 Å². The number of ether oxygens (including phenoxy) is 1. The SMILES string of the molecule is COC(=O)c1ccc(CCc2ccc(CC(=O)C(=O)O)nc2)cc1. The smallest absolute Gasteiger partial charge is 0.372 e. The summed E-state index contributed by atoms with van der Waals surface area (Å²) in [6.45, 7) is 0. The van der Waals surface area contributed by atoms with Gasteiger partial charge in [-0.3, -0.25) is 9.78 Å². The molecular weight excluding hydrogens is 310 g/mol. The molecular formula is C18H17NO5. The molecule has 0 amide bonds. The van der Waals surface area contributed by atoms with Crippen LogP contribution in [0, 0.1) is 0 Å². The predicted molar refractivity (Wildman–Crippen MR) is 85.8 cm³/mol. The van der Waals surface area contributed by atoms with Crippen LogP contribution in [0.5, 0.6) is 0 Å². The van der Waals surface area contributed by atoms with Gasteiger partial charge in [-0.25, -0.2) is 9.59 Å². The lowest BCUT2D eigenvalue weighted by Gasteiger charge is -2.04. The van der Waals surface area contributed by atoms with Crippen molar-refractivity contribution in [2.75, 3.05) is 7.11 Å². The molecule has 0 saturated carbocycles. The highest BCUT2D eigenvalue weighted by atomic mass is 16.5. The van der Waals surface area contributed by atoms with Crippen LogP contribution in [0.25, 0.3) is 0 Å². The van der Waals surface area contributed by atoms with Gasteiger partial charge in [0.2, 0.25) is 5.78 Å². The van der Waals surface area contributed by atoms with Crippen LogP contribution in [-0.2, 0) is 33.6 Å². The van der Waals surface area contributed by atoms with Crippen LogP contribution >= 0.6 is 0 Å². The lowest BCUT2D eigenvalue weighted by atomic mass is 10.0. The van der Waals surface area contributed by atoms with Crippen LogP contribution in [0.2, 0.25) is 0 Å². The zero-order valence-corrected chi connectivity index (χ0v) is 13.2. The summed E-state index contributed by atoms with van der Waals surface area (Å²) in [6, 6.07) is 10.7. The molecule has 0 bridgehead atoms. The van der Waals surface area contributed by atoms with Crippen molar-refractivity contribution in [3.8, 4) is 0 Å². The lowest BCUT2D eigenvalue weighted by Crippen LogP contribution is -2.15. The molecule has 124 valence electrons. The standard InChI is InChI=1S/C18H17NO5/c1-24-18(23)14-7-4-12(5-8-14)2-3-13-6-9-15(19-11-13)10-16(20)17(21)22/h4-9,11H,2-3,10H2,1H3,(H,21,22). The van der Waals surface area contributed by atoms with Crippen molar-refractivity contribution < 1.29 is 24.2 Å². The maximum absolute atomic E-state index is 11.4. The first-order valence-corrected chi connectivity index (χ1v) is 7.37. The predicted octanol–water partition coefficient (Wildman–Crippen LogP) is 1.85. The van der Waals surface area contributed by atoms with Gasteiger partial charge < -0.3 is 9.84 Å². The number of ketones is 1. The number of pyridine rings is 1. The van der Waals surface area contributed by atoms with Crippen molar-refractivity contribution in [2.24, 2.45) is 0 Å². The molecule has 0 spiro atoms. The first kappa shape index (κ1) is 17.3. The maximum atomic E-state index is 11.4. The van der Waals surface area contributed by atoms with Crippen molar-refractivity contribution in [1.29, 1.82) is 0 Å². The molecule has 2 rings (SSSR count). The van der Waals surface area contributed by atoms with Crippen LogP contribution in [0.3, 0.4) is 0 Å². The van der Waals surface area contributed by atoms with Gasteiger partial charge in [0.1, 0.15) is 0 Å². The molecule has 1 aromatic carbocycles. The summed E-state index contributed by atoms with van der Waals surface area (Å²) in [5.74, 6) is -2.69. The molecule has 1 N–H and O–H groups in total.